The van der Waals surface area contributed by atoms with Gasteiger partial charge in [-0.25, -0.2) is 0 Å². The number of hydrogen-bond donors (Lipinski definition) is 1. The summed E-state index contributed by atoms with van der Waals surface area (Å²) >= 11 is 0. The number of carboxylic acid groups (broad SMARTS) is 1. The van der Waals surface area contributed by atoms with Gasteiger partial charge in [0.2, 0.25) is 0 Å². The minimum Gasteiger partial charge on any atom is -0.481 e. The van der Waals surface area contributed by atoms with E-state index in [1.807, 2.05) is 0 Å². The Labute approximate surface area is 132 Å². The highest BCUT2D eigenvalue weighted by atomic mass is 16.4. The molecule has 0 saturated carbocycles. The summed E-state index contributed by atoms with van der Waals surface area (Å²) < 4.78 is 0. The van der Waals surface area contributed by atoms with Crippen LogP contribution >= 0.6 is 0 Å². The van der Waals surface area contributed by atoms with E-state index in [1.165, 1.54) is 76.2 Å². The first-order chi connectivity index (χ1) is 10.2. The number of aliphatic carboxylic acids is 1. The fourth-order valence-corrected chi connectivity index (χ4v) is 2.59. The molecule has 2 nitrogen and oxygen atoms in total. The molecule has 0 unspecified atom stereocenters. The lowest BCUT2D eigenvalue weighted by Crippen LogP contribution is -1.93. The number of unbranched alkanes of at least 4 members (excludes halogenated alkanes) is 10. The van der Waals surface area contributed by atoms with E-state index in [2.05, 4.69) is 19.9 Å². The fourth-order valence-electron chi connectivity index (χ4n) is 2.59. The molecule has 0 bridgehead atoms. The van der Waals surface area contributed by atoms with Gasteiger partial charge in [0.15, 0.2) is 0 Å². The third kappa shape index (κ3) is 17.2. The van der Waals surface area contributed by atoms with Crippen LogP contribution in [0.2, 0.25) is 0 Å². The first kappa shape index (κ1) is 20.2. The molecule has 0 amide bonds. The summed E-state index contributed by atoms with van der Waals surface area (Å²) in [7, 11) is 0. The molecule has 0 aromatic carbocycles. The topological polar surface area (TPSA) is 37.3 Å². The van der Waals surface area contributed by atoms with E-state index in [-0.39, 0.29) is 0 Å². The van der Waals surface area contributed by atoms with Crippen molar-refractivity contribution in [1.82, 2.24) is 0 Å². The Morgan fingerprint density at radius 1 is 0.810 bits per heavy atom. The van der Waals surface area contributed by atoms with Crippen molar-refractivity contribution in [2.24, 2.45) is 0 Å². The van der Waals surface area contributed by atoms with E-state index in [4.69, 9.17) is 5.11 Å². The van der Waals surface area contributed by atoms with Gasteiger partial charge in [-0.3, -0.25) is 4.79 Å². The molecule has 0 atom stereocenters. The van der Waals surface area contributed by atoms with E-state index < -0.39 is 5.97 Å². The summed E-state index contributed by atoms with van der Waals surface area (Å²) in [6.45, 7) is 4.51. The third-order valence-corrected chi connectivity index (χ3v) is 4.01. The van der Waals surface area contributed by atoms with E-state index >= 15 is 0 Å². The van der Waals surface area contributed by atoms with Crippen LogP contribution in [0.1, 0.15) is 104 Å². The highest BCUT2D eigenvalue weighted by Gasteiger charge is 1.97. The second-order valence-electron chi connectivity index (χ2n) is 6.27. The third-order valence-electron chi connectivity index (χ3n) is 4.01. The second kappa shape index (κ2) is 15.6. The molecule has 0 aliphatic rings. The maximum absolute atomic E-state index is 10.4. The molecule has 1 N–H and O–H groups in total. The molecule has 0 rings (SSSR count). The molecule has 2 heteroatoms. The predicted molar refractivity (Wildman–Crippen MR) is 91.7 cm³/mol. The van der Waals surface area contributed by atoms with Gasteiger partial charge in [-0.05, 0) is 39.0 Å². The summed E-state index contributed by atoms with van der Waals surface area (Å²) in [5.41, 5.74) is 1.54. The Morgan fingerprint density at radius 3 is 1.95 bits per heavy atom. The molecule has 0 aliphatic heterocycles. The standard InChI is InChI=1S/C19H36O2/c1-3-4-5-6-7-9-12-15-18(2)16-13-10-8-11-14-17-19(20)21/h15H,3-14,16-17H2,1-2H3,(H,20,21). The maximum atomic E-state index is 10.4. The minimum absolute atomic E-state index is 0.331. The van der Waals surface area contributed by atoms with E-state index in [0.717, 1.165) is 12.8 Å². The first-order valence-electron chi connectivity index (χ1n) is 9.04. The summed E-state index contributed by atoms with van der Waals surface area (Å²) in [5.74, 6) is -0.663. The van der Waals surface area contributed by atoms with Crippen LogP contribution in [-0.4, -0.2) is 11.1 Å². The quantitative estimate of drug-likeness (QED) is 0.277. The van der Waals surface area contributed by atoms with Crippen molar-refractivity contribution in [3.05, 3.63) is 11.6 Å². The van der Waals surface area contributed by atoms with Crippen molar-refractivity contribution in [1.29, 1.82) is 0 Å². The SMILES string of the molecule is CCCCCCCCC=C(C)CCCCCCCC(=O)O. The monoisotopic (exact) mass is 296 g/mol. The number of carboxylic acids is 1. The average Bonchev–Trinajstić information content (AvgIpc) is 2.45. The highest BCUT2D eigenvalue weighted by Crippen LogP contribution is 2.13. The van der Waals surface area contributed by atoms with Crippen molar-refractivity contribution in [3.8, 4) is 0 Å². The van der Waals surface area contributed by atoms with Crippen molar-refractivity contribution in [2.75, 3.05) is 0 Å². The van der Waals surface area contributed by atoms with Crippen LogP contribution in [0.5, 0.6) is 0 Å². The van der Waals surface area contributed by atoms with Crippen LogP contribution in [0.25, 0.3) is 0 Å². The smallest absolute Gasteiger partial charge is 0.303 e. The molecule has 0 spiro atoms. The Bertz CT molecular complexity index is 269. The van der Waals surface area contributed by atoms with Crippen molar-refractivity contribution >= 4 is 5.97 Å². The molecule has 0 aromatic heterocycles. The van der Waals surface area contributed by atoms with Crippen molar-refractivity contribution in [2.45, 2.75) is 104 Å². The summed E-state index contributed by atoms with van der Waals surface area (Å²) in [4.78, 5) is 10.4. The predicted octanol–water partition coefficient (Wildman–Crippen LogP) is 6.50. The largest absolute Gasteiger partial charge is 0.481 e. The first-order valence-corrected chi connectivity index (χ1v) is 9.04. The van der Waals surface area contributed by atoms with Gasteiger partial charge < -0.3 is 5.11 Å². The van der Waals surface area contributed by atoms with Crippen LogP contribution < -0.4 is 0 Å². The van der Waals surface area contributed by atoms with Gasteiger partial charge in [-0.15, -0.1) is 0 Å². The normalized spacial score (nSPS) is 11.8. The van der Waals surface area contributed by atoms with Gasteiger partial charge in [0.05, 0.1) is 0 Å². The number of carbonyl (C=O) groups is 1. The summed E-state index contributed by atoms with van der Waals surface area (Å²) in [5, 5.41) is 8.54. The summed E-state index contributed by atoms with van der Waals surface area (Å²) in [6, 6.07) is 0. The lowest BCUT2D eigenvalue weighted by atomic mass is 10.0. The number of allylic oxidation sites excluding steroid dienone is 2. The Hall–Kier alpha value is -0.790. The lowest BCUT2D eigenvalue weighted by Gasteiger charge is -2.03. The van der Waals surface area contributed by atoms with Crippen LogP contribution in [0, 0.1) is 0 Å². The number of rotatable bonds is 15. The van der Waals surface area contributed by atoms with Gasteiger partial charge >= 0.3 is 5.97 Å². The second-order valence-corrected chi connectivity index (χ2v) is 6.27. The van der Waals surface area contributed by atoms with Crippen molar-refractivity contribution in [3.63, 3.8) is 0 Å². The maximum Gasteiger partial charge on any atom is 0.303 e. The van der Waals surface area contributed by atoms with E-state index in [1.54, 1.807) is 0 Å². The molecular formula is C19H36O2. The Morgan fingerprint density at radius 2 is 1.33 bits per heavy atom. The van der Waals surface area contributed by atoms with Gasteiger partial charge in [0.25, 0.3) is 0 Å². The van der Waals surface area contributed by atoms with Gasteiger partial charge in [-0.2, -0.15) is 0 Å². The zero-order valence-electron chi connectivity index (χ0n) is 14.3. The van der Waals surface area contributed by atoms with E-state index in [9.17, 15) is 4.79 Å². The van der Waals surface area contributed by atoms with Gasteiger partial charge in [-0.1, -0.05) is 69.9 Å². The lowest BCUT2D eigenvalue weighted by molar-refractivity contribution is -0.137. The minimum atomic E-state index is -0.663. The molecule has 124 valence electrons. The molecule has 0 radical (unpaired) electrons. The van der Waals surface area contributed by atoms with Gasteiger partial charge in [0.1, 0.15) is 0 Å². The molecule has 21 heavy (non-hydrogen) atoms. The average molecular weight is 296 g/mol. The molecular weight excluding hydrogens is 260 g/mol. The van der Waals surface area contributed by atoms with Crippen molar-refractivity contribution < 1.29 is 9.90 Å². The van der Waals surface area contributed by atoms with Crippen LogP contribution in [0.15, 0.2) is 11.6 Å². The fraction of sp³-hybridized carbons (Fsp3) is 0.842. The highest BCUT2D eigenvalue weighted by molar-refractivity contribution is 5.66. The zero-order chi connectivity index (χ0) is 15.8. The Balaban J connectivity index is 3.30. The molecule has 0 aromatic rings. The van der Waals surface area contributed by atoms with Gasteiger partial charge in [0, 0.05) is 6.42 Å². The van der Waals surface area contributed by atoms with Crippen LogP contribution in [0.4, 0.5) is 0 Å². The molecule has 0 saturated heterocycles. The van der Waals surface area contributed by atoms with Crippen LogP contribution in [0.3, 0.4) is 0 Å². The molecule has 0 fully saturated rings. The summed E-state index contributed by atoms with van der Waals surface area (Å²) in [6.07, 6.45) is 19.0. The molecule has 0 aliphatic carbocycles. The van der Waals surface area contributed by atoms with E-state index in [0.29, 0.717) is 6.42 Å². The number of hydrogen-bond acceptors (Lipinski definition) is 1. The Kier molecular flexibility index (Phi) is 15.0. The zero-order valence-corrected chi connectivity index (χ0v) is 14.3. The molecule has 0 heterocycles. The van der Waals surface area contributed by atoms with Crippen LogP contribution in [-0.2, 0) is 4.79 Å².